The number of nitrogens with zero attached hydrogens (tertiary/aromatic N) is 3. The molecule has 4 heteroatoms. The number of β-amino-alcohol motifs (C(OH)–C–C–N with tert-alkyl or cyclic N) is 1. The number of aromatic nitrogens is 2. The van der Waals surface area contributed by atoms with E-state index in [-0.39, 0.29) is 6.10 Å². The lowest BCUT2D eigenvalue weighted by Gasteiger charge is -2.33. The lowest BCUT2D eigenvalue weighted by atomic mass is 9.96. The van der Waals surface area contributed by atoms with Crippen LogP contribution in [0.4, 0.5) is 0 Å². The number of hydrogen-bond donors (Lipinski definition) is 1. The molecule has 0 bridgehead atoms. The van der Waals surface area contributed by atoms with E-state index >= 15 is 0 Å². The first-order chi connectivity index (χ1) is 7.69. The van der Waals surface area contributed by atoms with Crippen molar-refractivity contribution < 1.29 is 5.11 Å². The van der Waals surface area contributed by atoms with Crippen molar-refractivity contribution in [3.05, 3.63) is 18.0 Å². The highest BCUT2D eigenvalue weighted by Crippen LogP contribution is 2.18. The first-order valence-corrected chi connectivity index (χ1v) is 6.10. The van der Waals surface area contributed by atoms with Crippen LogP contribution in [-0.4, -0.2) is 39.0 Å². The molecule has 1 fully saturated rings. The van der Waals surface area contributed by atoms with Gasteiger partial charge in [-0.25, -0.2) is 0 Å². The predicted molar refractivity (Wildman–Crippen MR) is 63.0 cm³/mol. The number of aryl methyl sites for hydroxylation is 1. The average Bonchev–Trinajstić information content (AvgIpc) is 2.71. The Morgan fingerprint density at radius 1 is 1.56 bits per heavy atom. The van der Waals surface area contributed by atoms with Crippen LogP contribution in [0, 0.1) is 5.92 Å². The normalized spacial score (nSPS) is 27.2. The van der Waals surface area contributed by atoms with Crippen molar-refractivity contribution in [2.75, 3.05) is 13.1 Å². The maximum absolute atomic E-state index is 9.82. The van der Waals surface area contributed by atoms with Gasteiger partial charge >= 0.3 is 0 Å². The monoisotopic (exact) mass is 223 g/mol. The second kappa shape index (κ2) is 4.97. The molecule has 4 nitrogen and oxygen atoms in total. The van der Waals surface area contributed by atoms with Gasteiger partial charge in [0.15, 0.2) is 0 Å². The molecule has 2 rings (SSSR count). The molecule has 1 aliphatic rings. The Morgan fingerprint density at radius 2 is 2.38 bits per heavy atom. The van der Waals surface area contributed by atoms with Gasteiger partial charge in [-0.1, -0.05) is 6.92 Å². The molecule has 16 heavy (non-hydrogen) atoms. The fraction of sp³-hybridized carbons (Fsp3) is 0.750. The standard InChI is InChI=1S/C12H21N3O/c1-3-15-8-11(6-13-15)7-14-5-4-10(2)12(16)9-14/h6,8,10,12,16H,3-5,7,9H2,1-2H3. The maximum Gasteiger partial charge on any atom is 0.0693 e. The zero-order valence-electron chi connectivity index (χ0n) is 10.1. The minimum absolute atomic E-state index is 0.171. The van der Waals surface area contributed by atoms with Crippen molar-refractivity contribution in [3.8, 4) is 0 Å². The Kier molecular flexibility index (Phi) is 3.61. The van der Waals surface area contributed by atoms with Crippen LogP contribution in [0.25, 0.3) is 0 Å². The summed E-state index contributed by atoms with van der Waals surface area (Å²) >= 11 is 0. The minimum atomic E-state index is -0.171. The van der Waals surface area contributed by atoms with Gasteiger partial charge in [-0.2, -0.15) is 5.10 Å². The van der Waals surface area contributed by atoms with Gasteiger partial charge in [-0.05, 0) is 25.8 Å². The van der Waals surface area contributed by atoms with Crippen LogP contribution < -0.4 is 0 Å². The smallest absolute Gasteiger partial charge is 0.0693 e. The topological polar surface area (TPSA) is 41.3 Å². The predicted octanol–water partition coefficient (Wildman–Crippen LogP) is 1.11. The van der Waals surface area contributed by atoms with E-state index < -0.39 is 0 Å². The zero-order valence-corrected chi connectivity index (χ0v) is 10.1. The van der Waals surface area contributed by atoms with Crippen molar-refractivity contribution in [1.82, 2.24) is 14.7 Å². The highest BCUT2D eigenvalue weighted by atomic mass is 16.3. The summed E-state index contributed by atoms with van der Waals surface area (Å²) in [5, 5.41) is 14.1. The van der Waals surface area contributed by atoms with Gasteiger partial charge in [0.2, 0.25) is 0 Å². The molecular weight excluding hydrogens is 202 g/mol. The summed E-state index contributed by atoms with van der Waals surface area (Å²) in [6.07, 6.45) is 4.93. The van der Waals surface area contributed by atoms with Crippen LogP contribution in [0.15, 0.2) is 12.4 Å². The molecule has 2 heterocycles. The highest BCUT2D eigenvalue weighted by Gasteiger charge is 2.24. The van der Waals surface area contributed by atoms with Gasteiger partial charge < -0.3 is 5.11 Å². The van der Waals surface area contributed by atoms with Gasteiger partial charge in [0.25, 0.3) is 0 Å². The molecule has 1 aliphatic heterocycles. The number of aliphatic hydroxyl groups excluding tert-OH is 1. The van der Waals surface area contributed by atoms with Crippen LogP contribution in [-0.2, 0) is 13.1 Å². The summed E-state index contributed by atoms with van der Waals surface area (Å²) in [6.45, 7) is 7.90. The number of hydrogen-bond acceptors (Lipinski definition) is 3. The van der Waals surface area contributed by atoms with Gasteiger partial charge in [0.05, 0.1) is 12.3 Å². The van der Waals surface area contributed by atoms with E-state index in [0.29, 0.717) is 5.92 Å². The third-order valence-corrected chi connectivity index (χ3v) is 3.42. The van der Waals surface area contributed by atoms with Crippen molar-refractivity contribution in [3.63, 3.8) is 0 Å². The molecule has 2 atom stereocenters. The van der Waals surface area contributed by atoms with Gasteiger partial charge in [-0.15, -0.1) is 0 Å². The van der Waals surface area contributed by atoms with Crippen molar-refractivity contribution in [2.45, 2.75) is 39.5 Å². The summed E-state index contributed by atoms with van der Waals surface area (Å²) in [4.78, 5) is 2.31. The molecular formula is C12H21N3O. The maximum atomic E-state index is 9.82. The SMILES string of the molecule is CCn1cc(CN2CCC(C)C(O)C2)cn1. The fourth-order valence-corrected chi connectivity index (χ4v) is 2.18. The van der Waals surface area contributed by atoms with E-state index in [2.05, 4.69) is 30.0 Å². The first kappa shape index (κ1) is 11.6. The van der Waals surface area contributed by atoms with Crippen LogP contribution in [0.5, 0.6) is 0 Å². The van der Waals surface area contributed by atoms with E-state index in [1.165, 1.54) is 5.56 Å². The Morgan fingerprint density at radius 3 is 3.00 bits per heavy atom. The Bertz CT molecular complexity index is 337. The molecule has 0 saturated carbocycles. The third kappa shape index (κ3) is 2.62. The fourth-order valence-electron chi connectivity index (χ4n) is 2.18. The van der Waals surface area contributed by atoms with Crippen LogP contribution >= 0.6 is 0 Å². The van der Waals surface area contributed by atoms with E-state index in [1.807, 2.05) is 10.9 Å². The first-order valence-electron chi connectivity index (χ1n) is 6.10. The number of piperidine rings is 1. The quantitative estimate of drug-likeness (QED) is 0.834. The summed E-state index contributed by atoms with van der Waals surface area (Å²) in [6, 6.07) is 0. The summed E-state index contributed by atoms with van der Waals surface area (Å²) in [5.41, 5.74) is 1.24. The molecule has 1 aromatic rings. The number of aliphatic hydroxyl groups is 1. The Balaban J connectivity index is 1.90. The van der Waals surface area contributed by atoms with E-state index in [9.17, 15) is 5.11 Å². The number of rotatable bonds is 3. The molecule has 1 aromatic heterocycles. The molecule has 1 N–H and O–H groups in total. The molecule has 0 aliphatic carbocycles. The molecule has 0 aromatic carbocycles. The van der Waals surface area contributed by atoms with Crippen LogP contribution in [0.1, 0.15) is 25.8 Å². The lowest BCUT2D eigenvalue weighted by Crippen LogP contribution is -2.42. The van der Waals surface area contributed by atoms with Crippen molar-refractivity contribution in [1.29, 1.82) is 0 Å². The molecule has 90 valence electrons. The summed E-state index contributed by atoms with van der Waals surface area (Å²) in [5.74, 6) is 0.439. The van der Waals surface area contributed by atoms with Gasteiger partial charge in [0.1, 0.15) is 0 Å². The van der Waals surface area contributed by atoms with Gasteiger partial charge in [0, 0.05) is 31.4 Å². The van der Waals surface area contributed by atoms with E-state index in [1.54, 1.807) is 0 Å². The summed E-state index contributed by atoms with van der Waals surface area (Å²) in [7, 11) is 0. The highest BCUT2D eigenvalue weighted by molar-refractivity contribution is 5.04. The summed E-state index contributed by atoms with van der Waals surface area (Å²) < 4.78 is 1.94. The Hall–Kier alpha value is -0.870. The van der Waals surface area contributed by atoms with Crippen molar-refractivity contribution >= 4 is 0 Å². The molecule has 0 radical (unpaired) electrons. The minimum Gasteiger partial charge on any atom is -0.392 e. The largest absolute Gasteiger partial charge is 0.392 e. The lowest BCUT2D eigenvalue weighted by molar-refractivity contribution is 0.0259. The average molecular weight is 223 g/mol. The van der Waals surface area contributed by atoms with Crippen LogP contribution in [0.3, 0.4) is 0 Å². The van der Waals surface area contributed by atoms with E-state index in [4.69, 9.17) is 0 Å². The van der Waals surface area contributed by atoms with E-state index in [0.717, 1.165) is 32.6 Å². The van der Waals surface area contributed by atoms with Crippen LogP contribution in [0.2, 0.25) is 0 Å². The molecule has 0 amide bonds. The Labute approximate surface area is 96.9 Å². The third-order valence-electron chi connectivity index (χ3n) is 3.42. The molecule has 0 spiro atoms. The van der Waals surface area contributed by atoms with Gasteiger partial charge in [-0.3, -0.25) is 9.58 Å². The molecule has 2 unspecified atom stereocenters. The molecule has 1 saturated heterocycles. The zero-order chi connectivity index (χ0) is 11.5. The number of likely N-dealkylation sites (tertiary alicyclic amines) is 1. The van der Waals surface area contributed by atoms with Crippen molar-refractivity contribution in [2.24, 2.45) is 5.92 Å². The second-order valence-corrected chi connectivity index (χ2v) is 4.77. The second-order valence-electron chi connectivity index (χ2n) is 4.77.